The molecule has 2 unspecified atom stereocenters. The predicted molar refractivity (Wildman–Crippen MR) is 81.2 cm³/mol. The molecule has 0 heterocycles. The van der Waals surface area contributed by atoms with Gasteiger partial charge in [0.15, 0.2) is 0 Å². The lowest BCUT2D eigenvalue weighted by molar-refractivity contribution is -0.130. The Hall–Kier alpha value is -1.61. The summed E-state index contributed by atoms with van der Waals surface area (Å²) in [5, 5.41) is 9.99. The van der Waals surface area contributed by atoms with E-state index in [2.05, 4.69) is 0 Å². The summed E-state index contributed by atoms with van der Waals surface area (Å²) < 4.78 is 0. The second-order valence-electron chi connectivity index (χ2n) is 5.61. The van der Waals surface area contributed by atoms with Crippen molar-refractivity contribution in [1.29, 1.82) is 0 Å². The van der Waals surface area contributed by atoms with Crippen LogP contribution >= 0.6 is 0 Å². The second kappa shape index (κ2) is 6.71. The predicted octanol–water partition coefficient (Wildman–Crippen LogP) is 2.77. The number of aliphatic hydroxyl groups excluding tert-OH is 1. The van der Waals surface area contributed by atoms with Gasteiger partial charge in [-0.2, -0.15) is 0 Å². The van der Waals surface area contributed by atoms with E-state index in [1.54, 1.807) is 18.0 Å². The first-order valence-corrected chi connectivity index (χ1v) is 7.27. The molecule has 1 amide bonds. The van der Waals surface area contributed by atoms with Crippen LogP contribution in [0.5, 0.6) is 0 Å². The Balaban J connectivity index is 1.98. The van der Waals surface area contributed by atoms with E-state index in [0.717, 1.165) is 31.2 Å². The van der Waals surface area contributed by atoms with Gasteiger partial charge in [-0.1, -0.05) is 42.7 Å². The van der Waals surface area contributed by atoms with E-state index in [1.165, 1.54) is 5.56 Å². The molecule has 1 aliphatic rings. The lowest BCUT2D eigenvalue weighted by Gasteiger charge is -2.34. The highest BCUT2D eigenvalue weighted by Crippen LogP contribution is 2.22. The van der Waals surface area contributed by atoms with Crippen LogP contribution in [0.1, 0.15) is 36.8 Å². The third kappa shape index (κ3) is 3.70. The van der Waals surface area contributed by atoms with Gasteiger partial charge in [0.1, 0.15) is 0 Å². The van der Waals surface area contributed by atoms with Crippen molar-refractivity contribution in [1.82, 2.24) is 4.90 Å². The zero-order chi connectivity index (χ0) is 14.5. The number of hydrogen-bond acceptors (Lipinski definition) is 2. The van der Waals surface area contributed by atoms with Crippen LogP contribution in [0.3, 0.4) is 0 Å². The summed E-state index contributed by atoms with van der Waals surface area (Å²) in [4.78, 5) is 13.8. The zero-order valence-electron chi connectivity index (χ0n) is 12.2. The van der Waals surface area contributed by atoms with Gasteiger partial charge in [-0.3, -0.25) is 4.79 Å². The zero-order valence-corrected chi connectivity index (χ0v) is 12.2. The van der Waals surface area contributed by atoms with Crippen molar-refractivity contribution in [2.24, 2.45) is 0 Å². The quantitative estimate of drug-likeness (QED) is 0.860. The Morgan fingerprint density at radius 2 is 1.90 bits per heavy atom. The fourth-order valence-corrected chi connectivity index (χ4v) is 2.67. The minimum atomic E-state index is -0.384. The lowest BCUT2D eigenvalue weighted by atomic mass is 9.91. The van der Waals surface area contributed by atoms with Gasteiger partial charge in [-0.25, -0.2) is 0 Å². The van der Waals surface area contributed by atoms with Crippen LogP contribution in [-0.4, -0.2) is 35.1 Å². The van der Waals surface area contributed by atoms with E-state index in [0.29, 0.717) is 0 Å². The van der Waals surface area contributed by atoms with Gasteiger partial charge in [0.25, 0.3) is 0 Å². The summed E-state index contributed by atoms with van der Waals surface area (Å²) in [6.07, 6.45) is 6.86. The smallest absolute Gasteiger partial charge is 0.246 e. The summed E-state index contributed by atoms with van der Waals surface area (Å²) in [5.74, 6) is -0.0449. The molecule has 1 aromatic carbocycles. The van der Waals surface area contributed by atoms with E-state index < -0.39 is 0 Å². The molecule has 108 valence electrons. The highest BCUT2D eigenvalue weighted by molar-refractivity contribution is 5.91. The van der Waals surface area contributed by atoms with Crippen molar-refractivity contribution in [2.45, 2.75) is 44.8 Å². The third-order valence-corrected chi connectivity index (χ3v) is 4.03. The minimum Gasteiger partial charge on any atom is -0.391 e. The fourth-order valence-electron chi connectivity index (χ4n) is 2.67. The van der Waals surface area contributed by atoms with Crippen molar-refractivity contribution in [3.8, 4) is 0 Å². The maximum atomic E-state index is 12.2. The monoisotopic (exact) mass is 273 g/mol. The summed E-state index contributed by atoms with van der Waals surface area (Å²) >= 11 is 0. The number of amides is 1. The number of benzene rings is 1. The molecular formula is C17H23NO2. The SMILES string of the molecule is Cc1ccc(/C=C/C(=O)N(C)C2CCCCC2O)cc1. The highest BCUT2D eigenvalue weighted by Gasteiger charge is 2.28. The lowest BCUT2D eigenvalue weighted by Crippen LogP contribution is -2.45. The van der Waals surface area contributed by atoms with E-state index in [9.17, 15) is 9.90 Å². The largest absolute Gasteiger partial charge is 0.391 e. The molecule has 1 fully saturated rings. The van der Waals surface area contributed by atoms with Gasteiger partial charge in [-0.15, -0.1) is 0 Å². The number of rotatable bonds is 3. The Labute approximate surface area is 120 Å². The maximum Gasteiger partial charge on any atom is 0.246 e. The molecule has 0 aromatic heterocycles. The van der Waals surface area contributed by atoms with Gasteiger partial charge in [-0.05, 0) is 31.4 Å². The van der Waals surface area contributed by atoms with Crippen molar-refractivity contribution in [2.75, 3.05) is 7.05 Å². The number of nitrogens with zero attached hydrogens (tertiary/aromatic N) is 1. The number of aliphatic hydroxyl groups is 1. The first kappa shape index (κ1) is 14.8. The van der Waals surface area contributed by atoms with Crippen LogP contribution in [0.2, 0.25) is 0 Å². The molecule has 1 aliphatic carbocycles. The van der Waals surface area contributed by atoms with Crippen LogP contribution in [0.25, 0.3) is 6.08 Å². The molecule has 2 rings (SSSR count). The molecule has 1 saturated carbocycles. The number of carbonyl (C=O) groups is 1. The van der Waals surface area contributed by atoms with Crippen molar-refractivity contribution in [3.63, 3.8) is 0 Å². The molecule has 0 aliphatic heterocycles. The normalized spacial score (nSPS) is 22.9. The molecule has 3 nitrogen and oxygen atoms in total. The molecule has 0 spiro atoms. The molecule has 20 heavy (non-hydrogen) atoms. The Bertz CT molecular complexity index is 478. The number of hydrogen-bond donors (Lipinski definition) is 1. The first-order chi connectivity index (χ1) is 9.58. The molecule has 1 aromatic rings. The summed E-state index contributed by atoms with van der Waals surface area (Å²) in [6, 6.07) is 8.00. The second-order valence-corrected chi connectivity index (χ2v) is 5.61. The Morgan fingerprint density at radius 3 is 2.55 bits per heavy atom. The fraction of sp³-hybridized carbons (Fsp3) is 0.471. The third-order valence-electron chi connectivity index (χ3n) is 4.03. The van der Waals surface area contributed by atoms with E-state index >= 15 is 0 Å². The van der Waals surface area contributed by atoms with Gasteiger partial charge < -0.3 is 10.0 Å². The Morgan fingerprint density at radius 1 is 1.25 bits per heavy atom. The van der Waals surface area contributed by atoms with E-state index in [4.69, 9.17) is 0 Å². The van der Waals surface area contributed by atoms with Gasteiger partial charge in [0.2, 0.25) is 5.91 Å². The van der Waals surface area contributed by atoms with E-state index in [1.807, 2.05) is 37.3 Å². The number of likely N-dealkylation sites (N-methyl/N-ethyl adjacent to an activating group) is 1. The average molecular weight is 273 g/mol. The van der Waals surface area contributed by atoms with E-state index in [-0.39, 0.29) is 18.1 Å². The van der Waals surface area contributed by atoms with Crippen molar-refractivity contribution >= 4 is 12.0 Å². The van der Waals surface area contributed by atoms with Crippen LogP contribution in [0.4, 0.5) is 0 Å². The topological polar surface area (TPSA) is 40.5 Å². The number of carbonyl (C=O) groups excluding carboxylic acids is 1. The van der Waals surface area contributed by atoms with Crippen LogP contribution in [0.15, 0.2) is 30.3 Å². The Kier molecular flexibility index (Phi) is 4.96. The summed E-state index contributed by atoms with van der Waals surface area (Å²) in [7, 11) is 1.78. The summed E-state index contributed by atoms with van der Waals surface area (Å²) in [5.41, 5.74) is 2.22. The first-order valence-electron chi connectivity index (χ1n) is 7.27. The van der Waals surface area contributed by atoms with Gasteiger partial charge in [0.05, 0.1) is 12.1 Å². The van der Waals surface area contributed by atoms with Crippen molar-refractivity contribution in [3.05, 3.63) is 41.5 Å². The molecule has 1 N–H and O–H groups in total. The average Bonchev–Trinajstić information content (AvgIpc) is 2.46. The molecule has 3 heteroatoms. The van der Waals surface area contributed by atoms with Gasteiger partial charge >= 0.3 is 0 Å². The summed E-state index contributed by atoms with van der Waals surface area (Å²) in [6.45, 7) is 2.04. The van der Waals surface area contributed by atoms with Crippen LogP contribution in [-0.2, 0) is 4.79 Å². The molecule has 0 radical (unpaired) electrons. The standard InChI is InChI=1S/C17H23NO2/c1-13-7-9-14(10-8-13)11-12-17(20)18(2)15-5-3-4-6-16(15)19/h7-12,15-16,19H,3-6H2,1-2H3/b12-11+. The van der Waals surface area contributed by atoms with Gasteiger partial charge in [0, 0.05) is 13.1 Å². The highest BCUT2D eigenvalue weighted by atomic mass is 16.3. The molecule has 0 saturated heterocycles. The minimum absolute atomic E-state index is 0.0427. The van der Waals surface area contributed by atoms with Crippen LogP contribution < -0.4 is 0 Å². The molecule has 0 bridgehead atoms. The number of aryl methyl sites for hydroxylation is 1. The van der Waals surface area contributed by atoms with Crippen LogP contribution in [0, 0.1) is 6.92 Å². The van der Waals surface area contributed by atoms with Crippen molar-refractivity contribution < 1.29 is 9.90 Å². The maximum absolute atomic E-state index is 12.2. The molecule has 2 atom stereocenters. The molecular weight excluding hydrogens is 250 g/mol.